The standard InChI is InChI=1S/C15H30O5S.Na.H/c1-3-5-6-7-8-9-10-11-12-13-14(16)20-15(4-2)21(17,18)19;;/h15H,3-13H2,1-2H3,(H,17,18,19);;. The topological polar surface area (TPSA) is 80.7 Å². The average molecular weight is 346 g/mol. The summed E-state index contributed by atoms with van der Waals surface area (Å²) in [6.45, 7) is 3.74. The number of carbonyl (C=O) groups excluding carboxylic acids is 1. The number of ether oxygens (including phenoxy) is 1. The van der Waals surface area contributed by atoms with Gasteiger partial charge < -0.3 is 4.74 Å². The van der Waals surface area contributed by atoms with Gasteiger partial charge in [0.1, 0.15) is 0 Å². The molecule has 0 rings (SSSR count). The molecule has 0 aromatic rings. The van der Waals surface area contributed by atoms with Crippen molar-refractivity contribution >= 4 is 45.6 Å². The summed E-state index contributed by atoms with van der Waals surface area (Å²) < 4.78 is 35.4. The fourth-order valence-electron chi connectivity index (χ4n) is 2.14. The van der Waals surface area contributed by atoms with E-state index in [0.717, 1.165) is 12.8 Å². The number of unbranched alkanes of at least 4 members (excludes halogenated alkanes) is 8. The van der Waals surface area contributed by atoms with Crippen molar-refractivity contribution in [2.45, 2.75) is 89.9 Å². The Hall–Kier alpha value is 0.380. The van der Waals surface area contributed by atoms with Crippen molar-refractivity contribution in [1.82, 2.24) is 0 Å². The zero-order chi connectivity index (χ0) is 16.1. The van der Waals surface area contributed by atoms with Gasteiger partial charge in [0.2, 0.25) is 5.44 Å². The Kier molecular flexibility index (Phi) is 16.7. The Morgan fingerprint density at radius 1 is 0.955 bits per heavy atom. The summed E-state index contributed by atoms with van der Waals surface area (Å²) in [7, 11) is -4.30. The second kappa shape index (κ2) is 14.9. The molecule has 0 fully saturated rings. The molecule has 0 saturated carbocycles. The molecule has 0 bridgehead atoms. The first kappa shape index (κ1) is 24.6. The van der Waals surface area contributed by atoms with Crippen LogP contribution in [0.4, 0.5) is 0 Å². The van der Waals surface area contributed by atoms with Crippen molar-refractivity contribution in [2.75, 3.05) is 0 Å². The van der Waals surface area contributed by atoms with E-state index < -0.39 is 21.5 Å². The zero-order valence-electron chi connectivity index (χ0n) is 13.3. The quantitative estimate of drug-likeness (QED) is 0.239. The minimum absolute atomic E-state index is 0. The van der Waals surface area contributed by atoms with Crippen LogP contribution in [0.25, 0.3) is 0 Å². The van der Waals surface area contributed by atoms with Crippen LogP contribution in [0.2, 0.25) is 0 Å². The number of carbonyl (C=O) groups is 1. The van der Waals surface area contributed by atoms with Crippen LogP contribution < -0.4 is 0 Å². The van der Waals surface area contributed by atoms with Crippen LogP contribution in [0, 0.1) is 0 Å². The normalized spacial score (nSPS) is 12.5. The molecule has 1 N–H and O–H groups in total. The van der Waals surface area contributed by atoms with E-state index in [1.54, 1.807) is 6.92 Å². The van der Waals surface area contributed by atoms with E-state index in [0.29, 0.717) is 6.42 Å². The first-order chi connectivity index (χ1) is 9.91. The molecule has 1 unspecified atom stereocenters. The molecule has 5 nitrogen and oxygen atoms in total. The van der Waals surface area contributed by atoms with Gasteiger partial charge in [-0.3, -0.25) is 9.35 Å². The molecule has 0 aliphatic rings. The minimum atomic E-state index is -4.30. The Morgan fingerprint density at radius 3 is 1.82 bits per heavy atom. The molecular weight excluding hydrogens is 315 g/mol. The molecule has 1 atom stereocenters. The number of hydrogen-bond donors (Lipinski definition) is 1. The third kappa shape index (κ3) is 14.0. The van der Waals surface area contributed by atoms with E-state index in [9.17, 15) is 13.2 Å². The second-order valence-corrected chi connectivity index (χ2v) is 6.98. The maximum absolute atomic E-state index is 11.5. The fraction of sp³-hybridized carbons (Fsp3) is 0.933. The molecule has 0 aliphatic heterocycles. The summed E-state index contributed by atoms with van der Waals surface area (Å²) in [6.07, 6.45) is 10.6. The van der Waals surface area contributed by atoms with Gasteiger partial charge >= 0.3 is 45.6 Å². The van der Waals surface area contributed by atoms with Crippen molar-refractivity contribution < 1.29 is 22.5 Å². The average Bonchev–Trinajstić information content (AvgIpc) is 2.41. The van der Waals surface area contributed by atoms with Crippen LogP contribution in [0.15, 0.2) is 0 Å². The molecule has 7 heteroatoms. The summed E-state index contributed by atoms with van der Waals surface area (Å²) in [6, 6.07) is 0. The van der Waals surface area contributed by atoms with Gasteiger partial charge in [0.05, 0.1) is 0 Å². The third-order valence-corrected chi connectivity index (χ3v) is 4.51. The number of hydrogen-bond acceptors (Lipinski definition) is 4. The first-order valence-corrected chi connectivity index (χ1v) is 9.57. The summed E-state index contributed by atoms with van der Waals surface area (Å²) in [5.41, 5.74) is -1.43. The van der Waals surface area contributed by atoms with Crippen molar-refractivity contribution in [3.05, 3.63) is 0 Å². The Balaban J connectivity index is 0. The predicted molar refractivity (Wildman–Crippen MR) is 90.7 cm³/mol. The molecule has 0 radical (unpaired) electrons. The van der Waals surface area contributed by atoms with Crippen LogP contribution in [-0.2, 0) is 19.6 Å². The second-order valence-electron chi connectivity index (χ2n) is 5.42. The molecule has 22 heavy (non-hydrogen) atoms. The van der Waals surface area contributed by atoms with Crippen LogP contribution in [0.5, 0.6) is 0 Å². The van der Waals surface area contributed by atoms with Gasteiger partial charge in [0.15, 0.2) is 0 Å². The van der Waals surface area contributed by atoms with Gasteiger partial charge in [-0.1, -0.05) is 65.2 Å². The van der Waals surface area contributed by atoms with Crippen molar-refractivity contribution in [3.8, 4) is 0 Å². The van der Waals surface area contributed by atoms with E-state index in [2.05, 4.69) is 6.92 Å². The number of rotatable bonds is 13. The first-order valence-electron chi connectivity index (χ1n) is 8.07. The van der Waals surface area contributed by atoms with Crippen molar-refractivity contribution in [1.29, 1.82) is 0 Å². The summed E-state index contributed by atoms with van der Waals surface area (Å²) in [5.74, 6) is -0.553. The monoisotopic (exact) mass is 346 g/mol. The molecule has 128 valence electrons. The summed E-state index contributed by atoms with van der Waals surface area (Å²) in [5, 5.41) is 0. The van der Waals surface area contributed by atoms with Gasteiger partial charge in [-0.05, 0) is 12.8 Å². The van der Waals surface area contributed by atoms with Gasteiger partial charge in [-0.25, -0.2) is 0 Å². The predicted octanol–water partition coefficient (Wildman–Crippen LogP) is 3.43. The molecule has 0 spiro atoms. The SMILES string of the molecule is CCCCCCCCCCCC(=O)OC(CC)S(=O)(=O)O.[NaH]. The third-order valence-electron chi connectivity index (χ3n) is 3.41. The van der Waals surface area contributed by atoms with E-state index >= 15 is 0 Å². The van der Waals surface area contributed by atoms with Crippen LogP contribution in [0.1, 0.15) is 84.5 Å². The zero-order valence-corrected chi connectivity index (χ0v) is 14.2. The molecular formula is C15H31NaO5S. The fourth-order valence-corrected chi connectivity index (χ4v) is 2.79. The van der Waals surface area contributed by atoms with Crippen molar-refractivity contribution in [3.63, 3.8) is 0 Å². The van der Waals surface area contributed by atoms with E-state index in [1.807, 2.05) is 0 Å². The van der Waals surface area contributed by atoms with E-state index in [4.69, 9.17) is 9.29 Å². The van der Waals surface area contributed by atoms with E-state index in [-0.39, 0.29) is 42.4 Å². The van der Waals surface area contributed by atoms with Crippen molar-refractivity contribution in [2.24, 2.45) is 0 Å². The molecule has 0 aromatic carbocycles. The van der Waals surface area contributed by atoms with Crippen LogP contribution in [0.3, 0.4) is 0 Å². The Morgan fingerprint density at radius 2 is 1.41 bits per heavy atom. The van der Waals surface area contributed by atoms with Gasteiger partial charge in [0.25, 0.3) is 0 Å². The molecule has 0 saturated heterocycles. The summed E-state index contributed by atoms with van der Waals surface area (Å²) in [4.78, 5) is 11.5. The molecule has 0 aromatic heterocycles. The molecule has 0 aliphatic carbocycles. The Labute approximate surface area is 157 Å². The summed E-state index contributed by atoms with van der Waals surface area (Å²) >= 11 is 0. The Bertz CT molecular complexity index is 370. The van der Waals surface area contributed by atoms with Gasteiger partial charge in [-0.2, -0.15) is 8.42 Å². The maximum atomic E-state index is 11.5. The van der Waals surface area contributed by atoms with Crippen LogP contribution >= 0.6 is 0 Å². The molecule has 0 amide bonds. The molecule has 0 heterocycles. The van der Waals surface area contributed by atoms with E-state index in [1.165, 1.54) is 38.5 Å². The van der Waals surface area contributed by atoms with Crippen LogP contribution in [-0.4, -0.2) is 53.9 Å². The van der Waals surface area contributed by atoms with Gasteiger partial charge in [-0.15, -0.1) is 0 Å². The van der Waals surface area contributed by atoms with Gasteiger partial charge in [0, 0.05) is 6.42 Å². The number of esters is 1.